The largest absolute Gasteiger partial charge is 0.389 e. The monoisotopic (exact) mass is 272 g/mol. The first-order valence-corrected chi connectivity index (χ1v) is 6.71. The molecule has 0 saturated heterocycles. The molecule has 0 aromatic rings. The summed E-state index contributed by atoms with van der Waals surface area (Å²) in [4.78, 5) is 25.1. The van der Waals surface area contributed by atoms with E-state index < -0.39 is 5.60 Å². The number of carbonyl (C=O) groups excluding carboxylic acids is 2. The minimum absolute atomic E-state index is 0.0150. The summed E-state index contributed by atoms with van der Waals surface area (Å²) in [6, 6.07) is 0. The van der Waals surface area contributed by atoms with Gasteiger partial charge in [-0.3, -0.25) is 9.59 Å². The Kier molecular flexibility index (Phi) is 6.49. The van der Waals surface area contributed by atoms with Crippen LogP contribution < -0.4 is 5.32 Å². The fourth-order valence-electron chi connectivity index (χ4n) is 1.67. The van der Waals surface area contributed by atoms with E-state index in [1.165, 1.54) is 4.90 Å². The molecule has 0 heterocycles. The lowest BCUT2D eigenvalue weighted by Crippen LogP contribution is -2.46. The van der Waals surface area contributed by atoms with E-state index in [-0.39, 0.29) is 30.3 Å². The predicted molar refractivity (Wildman–Crippen MR) is 75.6 cm³/mol. The van der Waals surface area contributed by atoms with E-state index in [2.05, 4.69) is 5.32 Å². The van der Waals surface area contributed by atoms with E-state index in [0.29, 0.717) is 13.0 Å². The highest BCUT2D eigenvalue weighted by molar-refractivity contribution is 5.85. The molecule has 112 valence electrons. The zero-order chi connectivity index (χ0) is 15.3. The number of nitrogens with zero attached hydrogens (tertiary/aromatic N) is 1. The van der Waals surface area contributed by atoms with Crippen molar-refractivity contribution in [3.63, 3.8) is 0 Å². The lowest BCUT2D eigenvalue weighted by molar-refractivity contribution is -0.135. The maximum Gasteiger partial charge on any atom is 0.242 e. The van der Waals surface area contributed by atoms with Crippen molar-refractivity contribution in [2.24, 2.45) is 5.41 Å². The van der Waals surface area contributed by atoms with Crippen LogP contribution in [-0.2, 0) is 9.59 Å². The van der Waals surface area contributed by atoms with Crippen molar-refractivity contribution in [2.75, 3.05) is 19.6 Å². The van der Waals surface area contributed by atoms with Crippen LogP contribution in [0.3, 0.4) is 0 Å². The normalized spacial score (nSPS) is 12.2. The molecule has 0 fully saturated rings. The van der Waals surface area contributed by atoms with Crippen molar-refractivity contribution in [2.45, 2.75) is 53.6 Å². The average Bonchev–Trinajstić information content (AvgIpc) is 2.18. The Morgan fingerprint density at radius 3 is 2.05 bits per heavy atom. The van der Waals surface area contributed by atoms with E-state index in [1.807, 2.05) is 27.7 Å². The smallest absolute Gasteiger partial charge is 0.242 e. The van der Waals surface area contributed by atoms with Gasteiger partial charge in [0.15, 0.2) is 0 Å². The summed E-state index contributed by atoms with van der Waals surface area (Å²) in [5, 5.41) is 12.3. The first-order chi connectivity index (χ1) is 8.44. The van der Waals surface area contributed by atoms with Crippen LogP contribution in [0.1, 0.15) is 48.0 Å². The number of carbonyl (C=O) groups is 2. The lowest BCUT2D eigenvalue weighted by atomic mass is 9.92. The number of rotatable bonds is 6. The highest BCUT2D eigenvalue weighted by Crippen LogP contribution is 2.17. The van der Waals surface area contributed by atoms with E-state index >= 15 is 0 Å². The van der Waals surface area contributed by atoms with E-state index in [9.17, 15) is 14.7 Å². The van der Waals surface area contributed by atoms with Crippen molar-refractivity contribution in [1.29, 1.82) is 0 Å². The van der Waals surface area contributed by atoms with Crippen molar-refractivity contribution in [1.82, 2.24) is 10.2 Å². The Labute approximate surface area is 116 Å². The van der Waals surface area contributed by atoms with Gasteiger partial charge in [0.2, 0.25) is 11.8 Å². The molecule has 0 atom stereocenters. The van der Waals surface area contributed by atoms with Crippen LogP contribution in [0.15, 0.2) is 0 Å². The molecule has 5 heteroatoms. The molecule has 2 amide bonds. The summed E-state index contributed by atoms with van der Waals surface area (Å²) in [6.07, 6.45) is 0.387. The molecule has 0 aromatic carbocycles. The summed E-state index contributed by atoms with van der Waals surface area (Å²) < 4.78 is 0. The first-order valence-electron chi connectivity index (χ1n) is 6.71. The van der Waals surface area contributed by atoms with Gasteiger partial charge in [0.05, 0.1) is 12.1 Å². The standard InChI is InChI=1S/C14H28N2O3/c1-7-16(10-14(5,6)19)12(18)9-15-11(17)8-13(2,3)4/h19H,7-10H2,1-6H3,(H,15,17). The van der Waals surface area contributed by atoms with E-state index in [4.69, 9.17) is 0 Å². The zero-order valence-electron chi connectivity index (χ0n) is 13.0. The second-order valence-electron chi connectivity index (χ2n) is 6.73. The molecule has 0 aliphatic heterocycles. The van der Waals surface area contributed by atoms with Gasteiger partial charge in [0.1, 0.15) is 0 Å². The second kappa shape index (κ2) is 6.89. The van der Waals surface area contributed by atoms with Gasteiger partial charge in [0.25, 0.3) is 0 Å². The quantitative estimate of drug-likeness (QED) is 0.762. The Morgan fingerprint density at radius 1 is 1.16 bits per heavy atom. The molecule has 0 radical (unpaired) electrons. The third-order valence-corrected chi connectivity index (χ3v) is 2.44. The maximum absolute atomic E-state index is 11.9. The van der Waals surface area contributed by atoms with Gasteiger partial charge >= 0.3 is 0 Å². The summed E-state index contributed by atoms with van der Waals surface area (Å²) in [5.74, 6) is -0.299. The third-order valence-electron chi connectivity index (χ3n) is 2.44. The molecular weight excluding hydrogens is 244 g/mol. The Hall–Kier alpha value is -1.10. The number of amides is 2. The summed E-state index contributed by atoms with van der Waals surface area (Å²) in [7, 11) is 0. The Bertz CT molecular complexity index is 314. The molecule has 5 nitrogen and oxygen atoms in total. The van der Waals surface area contributed by atoms with Gasteiger partial charge in [-0.15, -0.1) is 0 Å². The molecule has 19 heavy (non-hydrogen) atoms. The van der Waals surface area contributed by atoms with Crippen LogP contribution in [-0.4, -0.2) is 47.1 Å². The zero-order valence-corrected chi connectivity index (χ0v) is 13.0. The summed E-state index contributed by atoms with van der Waals surface area (Å²) in [6.45, 7) is 11.8. The van der Waals surface area contributed by atoms with Crippen molar-refractivity contribution < 1.29 is 14.7 Å². The van der Waals surface area contributed by atoms with Crippen LogP contribution in [0.25, 0.3) is 0 Å². The third kappa shape index (κ3) is 9.47. The average molecular weight is 272 g/mol. The van der Waals surface area contributed by atoms with Crippen LogP contribution >= 0.6 is 0 Å². The van der Waals surface area contributed by atoms with Gasteiger partial charge in [-0.1, -0.05) is 20.8 Å². The molecular formula is C14H28N2O3. The van der Waals surface area contributed by atoms with Crippen LogP contribution in [0.5, 0.6) is 0 Å². The number of aliphatic hydroxyl groups is 1. The minimum Gasteiger partial charge on any atom is -0.389 e. The van der Waals surface area contributed by atoms with Gasteiger partial charge in [-0.2, -0.15) is 0 Å². The molecule has 2 N–H and O–H groups in total. The molecule has 0 aromatic heterocycles. The predicted octanol–water partition coefficient (Wildman–Crippen LogP) is 1.16. The molecule has 0 spiro atoms. The topological polar surface area (TPSA) is 69.6 Å². The fourth-order valence-corrected chi connectivity index (χ4v) is 1.67. The van der Waals surface area contributed by atoms with Crippen molar-refractivity contribution in [3.05, 3.63) is 0 Å². The van der Waals surface area contributed by atoms with Crippen molar-refractivity contribution in [3.8, 4) is 0 Å². The van der Waals surface area contributed by atoms with Crippen LogP contribution in [0, 0.1) is 5.41 Å². The van der Waals surface area contributed by atoms with Crippen LogP contribution in [0.2, 0.25) is 0 Å². The number of hydrogen-bond donors (Lipinski definition) is 2. The summed E-state index contributed by atoms with van der Waals surface area (Å²) in [5.41, 5.74) is -1.02. The van der Waals surface area contributed by atoms with E-state index in [0.717, 1.165) is 0 Å². The second-order valence-corrected chi connectivity index (χ2v) is 6.73. The highest BCUT2D eigenvalue weighted by atomic mass is 16.3. The Balaban J connectivity index is 4.25. The van der Waals surface area contributed by atoms with Gasteiger partial charge in [0, 0.05) is 19.5 Å². The van der Waals surface area contributed by atoms with Gasteiger partial charge in [-0.25, -0.2) is 0 Å². The SMILES string of the molecule is CCN(CC(C)(C)O)C(=O)CNC(=O)CC(C)(C)C. The molecule has 0 aliphatic carbocycles. The fraction of sp³-hybridized carbons (Fsp3) is 0.857. The number of hydrogen-bond acceptors (Lipinski definition) is 3. The minimum atomic E-state index is -0.929. The van der Waals surface area contributed by atoms with E-state index in [1.54, 1.807) is 13.8 Å². The molecule has 0 saturated carbocycles. The maximum atomic E-state index is 11.9. The van der Waals surface area contributed by atoms with Gasteiger partial charge < -0.3 is 15.3 Å². The number of likely N-dealkylation sites (N-methyl/N-ethyl adjacent to an activating group) is 1. The van der Waals surface area contributed by atoms with Gasteiger partial charge in [-0.05, 0) is 26.2 Å². The Morgan fingerprint density at radius 2 is 1.68 bits per heavy atom. The first kappa shape index (κ1) is 17.9. The molecule has 0 unspecified atom stereocenters. The molecule has 0 aliphatic rings. The van der Waals surface area contributed by atoms with Crippen molar-refractivity contribution >= 4 is 11.8 Å². The van der Waals surface area contributed by atoms with Crippen LogP contribution in [0.4, 0.5) is 0 Å². The lowest BCUT2D eigenvalue weighted by Gasteiger charge is -2.28. The molecule has 0 rings (SSSR count). The summed E-state index contributed by atoms with van der Waals surface area (Å²) >= 11 is 0. The number of nitrogens with one attached hydrogen (secondary N) is 1. The highest BCUT2D eigenvalue weighted by Gasteiger charge is 2.22. The molecule has 0 bridgehead atoms.